The SMILES string of the molecule is O=C(CC1(O)C(=O)N2CCCc3cccc1c32)c1ccc(Br)cc1. The second-order valence-electron chi connectivity index (χ2n) is 6.34. The molecule has 4 rings (SSSR count). The van der Waals surface area contributed by atoms with Crippen molar-refractivity contribution in [2.75, 3.05) is 11.4 Å². The molecule has 1 N–H and O–H groups in total. The molecule has 1 amide bonds. The van der Waals surface area contributed by atoms with E-state index in [0.29, 0.717) is 17.7 Å². The molecule has 1 atom stereocenters. The van der Waals surface area contributed by atoms with Crippen LogP contribution in [0.1, 0.15) is 34.3 Å². The van der Waals surface area contributed by atoms with Gasteiger partial charge in [-0.15, -0.1) is 0 Å². The summed E-state index contributed by atoms with van der Waals surface area (Å²) in [4.78, 5) is 27.1. The number of benzene rings is 2. The maximum Gasteiger partial charge on any atom is 0.264 e. The van der Waals surface area contributed by atoms with Gasteiger partial charge < -0.3 is 10.0 Å². The average molecular weight is 386 g/mol. The fourth-order valence-electron chi connectivity index (χ4n) is 3.67. The Hall–Kier alpha value is -1.98. The van der Waals surface area contributed by atoms with Crippen molar-refractivity contribution >= 4 is 33.3 Å². The number of para-hydroxylation sites is 1. The third kappa shape index (κ3) is 2.23. The van der Waals surface area contributed by atoms with Gasteiger partial charge in [0.15, 0.2) is 11.4 Å². The lowest BCUT2D eigenvalue weighted by Crippen LogP contribution is -2.42. The molecule has 122 valence electrons. The first-order chi connectivity index (χ1) is 11.5. The second-order valence-corrected chi connectivity index (χ2v) is 7.26. The minimum Gasteiger partial charge on any atom is -0.375 e. The van der Waals surface area contributed by atoms with Gasteiger partial charge in [0.1, 0.15) is 0 Å². The van der Waals surface area contributed by atoms with Gasteiger partial charge in [-0.05, 0) is 30.5 Å². The Labute approximate surface area is 148 Å². The number of anilines is 1. The molecule has 4 nitrogen and oxygen atoms in total. The average Bonchev–Trinajstić information content (AvgIpc) is 2.80. The van der Waals surface area contributed by atoms with Gasteiger partial charge in [0.05, 0.1) is 12.1 Å². The van der Waals surface area contributed by atoms with Crippen LogP contribution in [0.2, 0.25) is 0 Å². The molecule has 24 heavy (non-hydrogen) atoms. The number of carbonyl (C=O) groups is 2. The van der Waals surface area contributed by atoms with Gasteiger partial charge in [0, 0.05) is 22.1 Å². The highest BCUT2D eigenvalue weighted by Crippen LogP contribution is 2.46. The number of aryl methyl sites for hydroxylation is 1. The molecule has 0 spiro atoms. The van der Waals surface area contributed by atoms with Crippen molar-refractivity contribution in [3.05, 3.63) is 63.6 Å². The lowest BCUT2D eigenvalue weighted by atomic mass is 9.87. The molecule has 5 heteroatoms. The third-order valence-electron chi connectivity index (χ3n) is 4.84. The Morgan fingerprint density at radius 1 is 1.21 bits per heavy atom. The summed E-state index contributed by atoms with van der Waals surface area (Å²) in [7, 11) is 0. The van der Waals surface area contributed by atoms with Gasteiger partial charge in [-0.1, -0.05) is 46.3 Å². The molecule has 0 bridgehead atoms. The van der Waals surface area contributed by atoms with E-state index in [1.807, 2.05) is 12.1 Å². The van der Waals surface area contributed by atoms with Crippen molar-refractivity contribution in [2.24, 2.45) is 0 Å². The molecule has 2 heterocycles. The maximum atomic E-state index is 12.8. The van der Waals surface area contributed by atoms with Crippen molar-refractivity contribution in [2.45, 2.75) is 24.9 Å². The molecule has 0 aliphatic carbocycles. The van der Waals surface area contributed by atoms with Crippen molar-refractivity contribution in [1.29, 1.82) is 0 Å². The largest absolute Gasteiger partial charge is 0.375 e. The molecule has 0 radical (unpaired) electrons. The number of halogens is 1. The summed E-state index contributed by atoms with van der Waals surface area (Å²) in [5, 5.41) is 11.1. The van der Waals surface area contributed by atoms with Gasteiger partial charge in [0.25, 0.3) is 5.91 Å². The van der Waals surface area contributed by atoms with Gasteiger partial charge in [-0.3, -0.25) is 9.59 Å². The number of rotatable bonds is 3. The normalized spacial score (nSPS) is 21.8. The summed E-state index contributed by atoms with van der Waals surface area (Å²) in [6, 6.07) is 12.5. The summed E-state index contributed by atoms with van der Waals surface area (Å²) in [6.45, 7) is 0.595. The van der Waals surface area contributed by atoms with E-state index in [9.17, 15) is 14.7 Å². The van der Waals surface area contributed by atoms with E-state index in [1.165, 1.54) is 0 Å². The van der Waals surface area contributed by atoms with Crippen molar-refractivity contribution in [3.8, 4) is 0 Å². The van der Waals surface area contributed by atoms with Crippen LogP contribution in [-0.4, -0.2) is 23.3 Å². The first-order valence-electron chi connectivity index (χ1n) is 7.96. The minimum atomic E-state index is -1.76. The molecule has 0 fully saturated rings. The highest BCUT2D eigenvalue weighted by atomic mass is 79.9. The summed E-state index contributed by atoms with van der Waals surface area (Å²) >= 11 is 3.33. The third-order valence-corrected chi connectivity index (χ3v) is 5.37. The number of Topliss-reactive ketones (excluding diaryl/α,β-unsaturated/α-hetero) is 1. The van der Waals surface area contributed by atoms with Gasteiger partial charge in [-0.25, -0.2) is 0 Å². The molecule has 0 saturated carbocycles. The summed E-state index contributed by atoms with van der Waals surface area (Å²) in [5.41, 5.74) is 1.17. The summed E-state index contributed by atoms with van der Waals surface area (Å²) in [5.74, 6) is -0.620. The first-order valence-corrected chi connectivity index (χ1v) is 8.75. The van der Waals surface area contributed by atoms with Crippen LogP contribution in [0.25, 0.3) is 0 Å². The van der Waals surface area contributed by atoms with Crippen LogP contribution in [0.3, 0.4) is 0 Å². The van der Waals surface area contributed by atoms with Crippen LogP contribution in [0.15, 0.2) is 46.9 Å². The molecule has 2 aliphatic heterocycles. The molecule has 0 saturated heterocycles. The molecule has 2 aromatic rings. The van der Waals surface area contributed by atoms with E-state index in [4.69, 9.17) is 0 Å². The molecule has 2 aliphatic rings. The van der Waals surface area contributed by atoms with Crippen LogP contribution in [0.4, 0.5) is 5.69 Å². The summed E-state index contributed by atoms with van der Waals surface area (Å²) < 4.78 is 0.877. The quantitative estimate of drug-likeness (QED) is 0.825. The Morgan fingerprint density at radius 3 is 2.71 bits per heavy atom. The first kappa shape index (κ1) is 15.5. The molecule has 1 unspecified atom stereocenters. The lowest BCUT2D eigenvalue weighted by Gasteiger charge is -2.25. The topological polar surface area (TPSA) is 57.6 Å². The number of carbonyl (C=O) groups excluding carboxylic acids is 2. The highest BCUT2D eigenvalue weighted by Gasteiger charge is 2.52. The van der Waals surface area contributed by atoms with Crippen molar-refractivity contribution < 1.29 is 14.7 Å². The zero-order valence-corrected chi connectivity index (χ0v) is 14.5. The smallest absolute Gasteiger partial charge is 0.264 e. The van der Waals surface area contributed by atoms with Crippen LogP contribution in [0.5, 0.6) is 0 Å². The fraction of sp³-hybridized carbons (Fsp3) is 0.263. The van der Waals surface area contributed by atoms with Crippen LogP contribution in [0, 0.1) is 0 Å². The van der Waals surface area contributed by atoms with Gasteiger partial charge in [-0.2, -0.15) is 0 Å². The van der Waals surface area contributed by atoms with Crippen molar-refractivity contribution in [3.63, 3.8) is 0 Å². The van der Waals surface area contributed by atoms with E-state index in [2.05, 4.69) is 15.9 Å². The fourth-order valence-corrected chi connectivity index (χ4v) is 3.93. The molecular weight excluding hydrogens is 370 g/mol. The Kier molecular flexibility index (Phi) is 3.58. The van der Waals surface area contributed by atoms with E-state index < -0.39 is 5.60 Å². The van der Waals surface area contributed by atoms with Crippen LogP contribution < -0.4 is 4.90 Å². The van der Waals surface area contributed by atoms with Crippen LogP contribution in [-0.2, 0) is 16.8 Å². The van der Waals surface area contributed by atoms with E-state index in [-0.39, 0.29) is 18.1 Å². The molecule has 0 aromatic heterocycles. The van der Waals surface area contributed by atoms with Gasteiger partial charge in [0.2, 0.25) is 0 Å². The Bertz CT molecular complexity index is 846. The summed E-state index contributed by atoms with van der Waals surface area (Å²) in [6.07, 6.45) is 1.53. The second kappa shape index (κ2) is 5.53. The minimum absolute atomic E-state index is 0.236. The monoisotopic (exact) mass is 385 g/mol. The Balaban J connectivity index is 1.73. The number of aliphatic hydroxyl groups is 1. The highest BCUT2D eigenvalue weighted by molar-refractivity contribution is 9.10. The van der Waals surface area contributed by atoms with Crippen molar-refractivity contribution in [1.82, 2.24) is 0 Å². The number of ketones is 1. The maximum absolute atomic E-state index is 12.8. The molecule has 2 aromatic carbocycles. The lowest BCUT2D eigenvalue weighted by molar-refractivity contribution is -0.135. The van der Waals surface area contributed by atoms with E-state index in [1.54, 1.807) is 35.2 Å². The zero-order chi connectivity index (χ0) is 16.9. The van der Waals surface area contributed by atoms with Crippen LogP contribution >= 0.6 is 15.9 Å². The number of nitrogens with zero attached hydrogens (tertiary/aromatic N) is 1. The Morgan fingerprint density at radius 2 is 1.96 bits per heavy atom. The molecular formula is C19H16BrNO3. The predicted octanol–water partition coefficient (Wildman–Crippen LogP) is 3.20. The predicted molar refractivity (Wildman–Crippen MR) is 94.1 cm³/mol. The van der Waals surface area contributed by atoms with Gasteiger partial charge >= 0.3 is 0 Å². The number of hydrogen-bond donors (Lipinski definition) is 1. The standard InChI is InChI=1S/C19H16BrNO3/c20-14-8-6-12(7-9-14)16(22)11-19(24)15-5-1-3-13-4-2-10-21(17(13)15)18(19)23/h1,3,5-9,24H,2,4,10-11H2. The number of hydrogen-bond acceptors (Lipinski definition) is 3. The number of amides is 1. The van der Waals surface area contributed by atoms with E-state index in [0.717, 1.165) is 28.6 Å². The van der Waals surface area contributed by atoms with E-state index >= 15 is 0 Å². The zero-order valence-electron chi connectivity index (χ0n) is 13.0.